The van der Waals surface area contributed by atoms with E-state index in [-0.39, 0.29) is 24.5 Å². The van der Waals surface area contributed by atoms with Gasteiger partial charge in [0.2, 0.25) is 0 Å². The van der Waals surface area contributed by atoms with Gasteiger partial charge in [0, 0.05) is 12.3 Å². The monoisotopic (exact) mass is 290 g/mol. The SMILES string of the molecule is CC#CC[C@H](C)/C(O)=C\C[C@@H]1[C@H]2CC(CO)=C[C@H]2C[C@H]1O. The highest BCUT2D eigenvalue weighted by molar-refractivity contribution is 5.19. The summed E-state index contributed by atoms with van der Waals surface area (Å²) in [5, 5.41) is 29.6. The topological polar surface area (TPSA) is 60.7 Å². The number of hydrogen-bond donors (Lipinski definition) is 3. The molecule has 3 nitrogen and oxygen atoms in total. The second-order valence-electron chi connectivity index (χ2n) is 6.38. The van der Waals surface area contributed by atoms with Gasteiger partial charge in [0.05, 0.1) is 18.5 Å². The van der Waals surface area contributed by atoms with Crippen LogP contribution in [0.3, 0.4) is 0 Å². The zero-order valence-corrected chi connectivity index (χ0v) is 12.9. The van der Waals surface area contributed by atoms with Crippen molar-refractivity contribution in [3.05, 3.63) is 23.5 Å². The molecule has 2 aliphatic rings. The molecular formula is C18H26O3. The maximum Gasteiger partial charge on any atom is 0.0920 e. The molecule has 0 spiro atoms. The third-order valence-electron chi connectivity index (χ3n) is 4.95. The van der Waals surface area contributed by atoms with Crippen LogP contribution in [0.2, 0.25) is 0 Å². The lowest BCUT2D eigenvalue weighted by molar-refractivity contribution is 0.117. The van der Waals surface area contributed by atoms with E-state index in [0.717, 1.165) is 18.4 Å². The molecule has 5 atom stereocenters. The fraction of sp³-hybridized carbons (Fsp3) is 0.667. The average Bonchev–Trinajstić information content (AvgIpc) is 2.99. The third kappa shape index (κ3) is 3.70. The van der Waals surface area contributed by atoms with E-state index in [4.69, 9.17) is 0 Å². The molecule has 1 saturated carbocycles. The van der Waals surface area contributed by atoms with Gasteiger partial charge in [0.1, 0.15) is 0 Å². The lowest BCUT2D eigenvalue weighted by Crippen LogP contribution is -2.19. The molecule has 0 saturated heterocycles. The molecule has 116 valence electrons. The summed E-state index contributed by atoms with van der Waals surface area (Å²) in [6.07, 6.45) is 6.72. The Kier molecular flexibility index (Phi) is 5.50. The maximum absolute atomic E-state index is 10.2. The number of fused-ring (bicyclic) bond motifs is 1. The number of rotatable bonds is 5. The van der Waals surface area contributed by atoms with Gasteiger partial charge in [-0.3, -0.25) is 0 Å². The smallest absolute Gasteiger partial charge is 0.0920 e. The van der Waals surface area contributed by atoms with Crippen LogP contribution in [-0.2, 0) is 0 Å². The van der Waals surface area contributed by atoms with E-state index in [0.29, 0.717) is 30.4 Å². The Morgan fingerprint density at radius 1 is 1.52 bits per heavy atom. The summed E-state index contributed by atoms with van der Waals surface area (Å²) in [5.41, 5.74) is 1.10. The highest BCUT2D eigenvalue weighted by atomic mass is 16.3. The Morgan fingerprint density at radius 2 is 2.29 bits per heavy atom. The van der Waals surface area contributed by atoms with E-state index in [2.05, 4.69) is 17.9 Å². The largest absolute Gasteiger partial charge is 0.512 e. The highest BCUT2D eigenvalue weighted by Crippen LogP contribution is 2.48. The number of hydrogen-bond acceptors (Lipinski definition) is 3. The summed E-state index contributed by atoms with van der Waals surface area (Å²) in [6.45, 7) is 3.89. The van der Waals surface area contributed by atoms with Crippen LogP contribution in [0.1, 0.15) is 39.5 Å². The van der Waals surface area contributed by atoms with E-state index < -0.39 is 0 Å². The van der Waals surface area contributed by atoms with Crippen LogP contribution in [0, 0.1) is 35.5 Å². The molecule has 0 aromatic heterocycles. The van der Waals surface area contributed by atoms with Crippen molar-refractivity contribution in [3.63, 3.8) is 0 Å². The van der Waals surface area contributed by atoms with Crippen LogP contribution < -0.4 is 0 Å². The second kappa shape index (κ2) is 7.15. The van der Waals surface area contributed by atoms with Gasteiger partial charge in [-0.15, -0.1) is 11.8 Å². The van der Waals surface area contributed by atoms with Gasteiger partial charge in [-0.2, -0.15) is 0 Å². The summed E-state index contributed by atoms with van der Waals surface area (Å²) in [6, 6.07) is 0. The Labute approximate surface area is 127 Å². The summed E-state index contributed by atoms with van der Waals surface area (Å²) < 4.78 is 0. The van der Waals surface area contributed by atoms with Crippen LogP contribution in [-0.4, -0.2) is 28.0 Å². The van der Waals surface area contributed by atoms with E-state index in [1.807, 2.05) is 13.0 Å². The Balaban J connectivity index is 1.95. The molecule has 0 unspecified atom stereocenters. The van der Waals surface area contributed by atoms with E-state index in [1.165, 1.54) is 0 Å². The van der Waals surface area contributed by atoms with Crippen molar-refractivity contribution in [1.82, 2.24) is 0 Å². The first-order valence-electron chi connectivity index (χ1n) is 7.83. The second-order valence-corrected chi connectivity index (χ2v) is 6.38. The summed E-state index contributed by atoms with van der Waals surface area (Å²) >= 11 is 0. The first-order valence-corrected chi connectivity index (χ1v) is 7.83. The maximum atomic E-state index is 10.2. The minimum atomic E-state index is -0.300. The summed E-state index contributed by atoms with van der Waals surface area (Å²) in [4.78, 5) is 0. The molecule has 0 aromatic rings. The molecule has 0 heterocycles. The zero-order chi connectivity index (χ0) is 15.4. The van der Waals surface area contributed by atoms with E-state index in [1.54, 1.807) is 6.92 Å². The predicted octanol–water partition coefficient (Wildman–Crippen LogP) is 2.80. The molecule has 1 fully saturated rings. The molecule has 0 aromatic carbocycles. The standard InChI is InChI=1S/C18H26O3/c1-3-4-5-12(2)17(20)7-6-15-16-9-13(11-19)8-14(16)10-18(15)21/h7-8,12,14-16,18-21H,5-6,9-11H2,1-2H3/b17-7+/t12-,14-,15+,16-,18+/m0/s1. The highest BCUT2D eigenvalue weighted by Gasteiger charge is 2.43. The molecule has 3 N–H and O–H groups in total. The van der Waals surface area contributed by atoms with Gasteiger partial charge < -0.3 is 15.3 Å². The van der Waals surface area contributed by atoms with E-state index >= 15 is 0 Å². The zero-order valence-electron chi connectivity index (χ0n) is 12.9. The Bertz CT molecular complexity index is 480. The van der Waals surface area contributed by atoms with Gasteiger partial charge in [0.15, 0.2) is 0 Å². The first kappa shape index (κ1) is 16.1. The molecule has 0 radical (unpaired) electrons. The summed E-state index contributed by atoms with van der Waals surface area (Å²) in [7, 11) is 0. The molecule has 3 heteroatoms. The molecular weight excluding hydrogens is 264 g/mol. The van der Waals surface area contributed by atoms with Gasteiger partial charge in [-0.25, -0.2) is 0 Å². The minimum Gasteiger partial charge on any atom is -0.512 e. The van der Waals surface area contributed by atoms with Gasteiger partial charge in [0.25, 0.3) is 0 Å². The van der Waals surface area contributed by atoms with Gasteiger partial charge >= 0.3 is 0 Å². The normalized spacial score (nSPS) is 33.1. The number of allylic oxidation sites excluding steroid dienone is 3. The quantitative estimate of drug-likeness (QED) is 0.414. The van der Waals surface area contributed by atoms with Gasteiger partial charge in [-0.1, -0.05) is 13.0 Å². The van der Waals surface area contributed by atoms with Crippen molar-refractivity contribution in [2.75, 3.05) is 6.61 Å². The van der Waals surface area contributed by atoms with Crippen molar-refractivity contribution in [2.45, 2.75) is 45.6 Å². The van der Waals surface area contributed by atoms with Crippen LogP contribution in [0.15, 0.2) is 23.5 Å². The lowest BCUT2D eigenvalue weighted by Gasteiger charge is -2.20. The molecule has 2 aliphatic carbocycles. The minimum absolute atomic E-state index is 0.0431. The Morgan fingerprint density at radius 3 is 2.95 bits per heavy atom. The van der Waals surface area contributed by atoms with Crippen molar-refractivity contribution >= 4 is 0 Å². The van der Waals surface area contributed by atoms with Crippen LogP contribution in [0.4, 0.5) is 0 Å². The number of aliphatic hydroxyl groups is 3. The average molecular weight is 290 g/mol. The molecule has 2 rings (SSSR count). The Hall–Kier alpha value is -1.24. The fourth-order valence-corrected chi connectivity index (χ4v) is 3.67. The van der Waals surface area contributed by atoms with Crippen LogP contribution >= 0.6 is 0 Å². The van der Waals surface area contributed by atoms with Crippen molar-refractivity contribution in [2.24, 2.45) is 23.7 Å². The lowest BCUT2D eigenvalue weighted by atomic mass is 9.87. The molecule has 0 bridgehead atoms. The summed E-state index contributed by atoms with van der Waals surface area (Å²) in [5.74, 6) is 7.23. The van der Waals surface area contributed by atoms with Crippen LogP contribution in [0.5, 0.6) is 0 Å². The fourth-order valence-electron chi connectivity index (χ4n) is 3.67. The molecule has 21 heavy (non-hydrogen) atoms. The number of aliphatic hydroxyl groups excluding tert-OH is 3. The van der Waals surface area contributed by atoms with Crippen molar-refractivity contribution in [3.8, 4) is 11.8 Å². The molecule has 0 aliphatic heterocycles. The van der Waals surface area contributed by atoms with Crippen LogP contribution in [0.25, 0.3) is 0 Å². The third-order valence-corrected chi connectivity index (χ3v) is 4.95. The predicted molar refractivity (Wildman–Crippen MR) is 83.4 cm³/mol. The van der Waals surface area contributed by atoms with Crippen molar-refractivity contribution < 1.29 is 15.3 Å². The molecule has 0 amide bonds. The van der Waals surface area contributed by atoms with Gasteiger partial charge in [-0.05, 0) is 55.6 Å². The van der Waals surface area contributed by atoms with E-state index in [9.17, 15) is 15.3 Å². The van der Waals surface area contributed by atoms with Crippen molar-refractivity contribution in [1.29, 1.82) is 0 Å². The first-order chi connectivity index (χ1) is 10.1.